The Morgan fingerprint density at radius 3 is 2.33 bits per heavy atom. The molecule has 0 fully saturated rings. The lowest BCUT2D eigenvalue weighted by Crippen LogP contribution is -2.42. The summed E-state index contributed by atoms with van der Waals surface area (Å²) in [6.45, 7) is 6.42. The summed E-state index contributed by atoms with van der Waals surface area (Å²) in [5.74, 6) is 0. The second-order valence-electron chi connectivity index (χ2n) is 3.11. The van der Waals surface area contributed by atoms with Crippen LogP contribution in [0.2, 0.25) is 0 Å². The number of nitrogens with zero attached hydrogens (tertiary/aromatic N) is 1. The molecule has 72 valence electrons. The summed E-state index contributed by atoms with van der Waals surface area (Å²) in [5.41, 5.74) is 0. The van der Waals surface area contributed by atoms with Gasteiger partial charge in [-0.2, -0.15) is 10.4 Å². The lowest BCUT2D eigenvalue weighted by Gasteiger charge is -2.20. The van der Waals surface area contributed by atoms with Crippen LogP contribution >= 0.6 is 0 Å². The van der Waals surface area contributed by atoms with Gasteiger partial charge in [-0.05, 0) is 11.2 Å². The van der Waals surface area contributed by atoms with Gasteiger partial charge >= 0.3 is 0 Å². The van der Waals surface area contributed by atoms with Crippen LogP contribution in [-0.4, -0.2) is 28.3 Å². The van der Waals surface area contributed by atoms with Crippen LogP contribution in [-0.2, 0) is 0 Å². The molecule has 0 aromatic heterocycles. The largest absolute Gasteiger partial charge is 0.182 e. The standard InChI is InChI=1S/C9H20NO2/c1-3-5-7-9-10(11,12)8-6-4-2/h3,11-12H,1,4-9H2,2H3/q+1. The van der Waals surface area contributed by atoms with Gasteiger partial charge in [0.25, 0.3) is 0 Å². The zero-order valence-electron chi connectivity index (χ0n) is 7.87. The van der Waals surface area contributed by atoms with Crippen molar-refractivity contribution in [3.05, 3.63) is 12.7 Å². The molecule has 0 saturated heterocycles. The lowest BCUT2D eigenvalue weighted by atomic mass is 10.3. The Hall–Kier alpha value is -0.380. The molecule has 0 atom stereocenters. The van der Waals surface area contributed by atoms with Crippen molar-refractivity contribution < 1.29 is 15.2 Å². The molecule has 0 rings (SSSR count). The Labute approximate surface area is 74.4 Å². The monoisotopic (exact) mass is 174 g/mol. The Morgan fingerprint density at radius 1 is 1.25 bits per heavy atom. The van der Waals surface area contributed by atoms with Gasteiger partial charge in [-0.1, -0.05) is 19.4 Å². The first-order valence-corrected chi connectivity index (χ1v) is 4.56. The molecule has 3 heteroatoms. The van der Waals surface area contributed by atoms with Crippen molar-refractivity contribution in [2.75, 3.05) is 13.1 Å². The number of hydrogen-bond acceptors (Lipinski definition) is 2. The average Bonchev–Trinajstić information content (AvgIpc) is 2.01. The predicted octanol–water partition coefficient (Wildman–Crippen LogP) is 2.35. The van der Waals surface area contributed by atoms with E-state index in [-0.39, 0.29) is 0 Å². The Balaban J connectivity index is 3.48. The van der Waals surface area contributed by atoms with E-state index in [1.807, 2.05) is 6.92 Å². The molecule has 3 nitrogen and oxygen atoms in total. The highest BCUT2D eigenvalue weighted by molar-refractivity contribution is 4.64. The minimum absolute atomic E-state index is 0.395. The van der Waals surface area contributed by atoms with Gasteiger partial charge in [-0.15, -0.1) is 6.58 Å². The van der Waals surface area contributed by atoms with Crippen molar-refractivity contribution in [1.82, 2.24) is 0 Å². The number of allylic oxidation sites excluding steroid dienone is 1. The van der Waals surface area contributed by atoms with Crippen molar-refractivity contribution in [2.45, 2.75) is 32.6 Å². The minimum atomic E-state index is -0.832. The summed E-state index contributed by atoms with van der Waals surface area (Å²) < 4.78 is 0. The van der Waals surface area contributed by atoms with Gasteiger partial charge in [-0.25, -0.2) is 0 Å². The number of hydroxylamine groups is 4. The van der Waals surface area contributed by atoms with Crippen molar-refractivity contribution in [3.63, 3.8) is 0 Å². The maximum atomic E-state index is 9.33. The normalized spacial score (nSPS) is 11.6. The number of unbranched alkanes of at least 4 members (excludes halogenated alkanes) is 2. The number of hydrogen-bond donors (Lipinski definition) is 2. The first-order valence-electron chi connectivity index (χ1n) is 4.56. The van der Waals surface area contributed by atoms with E-state index in [0.717, 1.165) is 25.7 Å². The minimum Gasteiger partial charge on any atom is -0.182 e. The van der Waals surface area contributed by atoms with Crippen LogP contribution in [0.4, 0.5) is 0 Å². The van der Waals surface area contributed by atoms with Crippen LogP contribution in [0.3, 0.4) is 0 Å². The zero-order chi connectivity index (χ0) is 9.45. The van der Waals surface area contributed by atoms with Gasteiger partial charge in [0.1, 0.15) is 13.1 Å². The molecule has 0 unspecified atom stereocenters. The van der Waals surface area contributed by atoms with Gasteiger partial charge in [0.05, 0.1) is 0 Å². The van der Waals surface area contributed by atoms with E-state index >= 15 is 0 Å². The predicted molar refractivity (Wildman–Crippen MR) is 47.9 cm³/mol. The highest BCUT2D eigenvalue weighted by Crippen LogP contribution is 2.03. The molecular weight excluding hydrogens is 154 g/mol. The first kappa shape index (κ1) is 11.6. The van der Waals surface area contributed by atoms with Crippen LogP contribution < -0.4 is 0 Å². The van der Waals surface area contributed by atoms with Crippen molar-refractivity contribution in [3.8, 4) is 0 Å². The topological polar surface area (TPSA) is 40.5 Å². The summed E-state index contributed by atoms with van der Waals surface area (Å²) in [5, 5.41) is 18.7. The van der Waals surface area contributed by atoms with E-state index in [0.29, 0.717) is 13.1 Å². The SMILES string of the molecule is C=CCCC[N+](O)(O)CCCC. The highest BCUT2D eigenvalue weighted by Gasteiger charge is 2.20. The highest BCUT2D eigenvalue weighted by atomic mass is 16.8. The first-order chi connectivity index (χ1) is 5.62. The molecule has 0 aromatic carbocycles. The second-order valence-corrected chi connectivity index (χ2v) is 3.11. The van der Waals surface area contributed by atoms with Crippen molar-refractivity contribution in [1.29, 1.82) is 0 Å². The fraction of sp³-hybridized carbons (Fsp3) is 0.778. The van der Waals surface area contributed by atoms with Gasteiger partial charge in [-0.3, -0.25) is 0 Å². The second kappa shape index (κ2) is 6.17. The molecule has 0 heterocycles. The third kappa shape index (κ3) is 6.34. The van der Waals surface area contributed by atoms with E-state index in [1.165, 1.54) is 0 Å². The number of quaternary nitrogens is 1. The summed E-state index contributed by atoms with van der Waals surface area (Å²) in [7, 11) is 0. The van der Waals surface area contributed by atoms with Gasteiger partial charge < -0.3 is 0 Å². The van der Waals surface area contributed by atoms with E-state index in [9.17, 15) is 10.4 Å². The zero-order valence-corrected chi connectivity index (χ0v) is 7.87. The summed E-state index contributed by atoms with van der Waals surface area (Å²) >= 11 is 0. The van der Waals surface area contributed by atoms with Gasteiger partial charge in [0.2, 0.25) is 0 Å². The molecular formula is C9H20NO2+. The molecule has 2 N–H and O–H groups in total. The van der Waals surface area contributed by atoms with Crippen LogP contribution in [0, 0.1) is 0 Å². The van der Waals surface area contributed by atoms with Crippen LogP contribution in [0.1, 0.15) is 32.6 Å². The van der Waals surface area contributed by atoms with Crippen molar-refractivity contribution >= 4 is 0 Å². The Kier molecular flexibility index (Phi) is 5.98. The molecule has 0 radical (unpaired) electrons. The van der Waals surface area contributed by atoms with Crippen LogP contribution in [0.5, 0.6) is 0 Å². The molecule has 0 bridgehead atoms. The van der Waals surface area contributed by atoms with E-state index < -0.39 is 4.81 Å². The quantitative estimate of drug-likeness (QED) is 0.269. The molecule has 0 aliphatic rings. The summed E-state index contributed by atoms with van der Waals surface area (Å²) in [4.78, 5) is -0.832. The van der Waals surface area contributed by atoms with Gasteiger partial charge in [0.15, 0.2) is 0 Å². The van der Waals surface area contributed by atoms with Crippen molar-refractivity contribution in [2.24, 2.45) is 0 Å². The smallest absolute Gasteiger partial charge is 0.142 e. The maximum absolute atomic E-state index is 9.33. The van der Waals surface area contributed by atoms with E-state index in [4.69, 9.17) is 0 Å². The molecule has 0 aromatic rings. The molecule has 0 aliphatic heterocycles. The molecule has 0 amide bonds. The fourth-order valence-electron chi connectivity index (χ4n) is 1.01. The molecule has 0 spiro atoms. The fourth-order valence-corrected chi connectivity index (χ4v) is 1.01. The third-order valence-corrected chi connectivity index (χ3v) is 1.79. The third-order valence-electron chi connectivity index (χ3n) is 1.79. The molecule has 0 saturated carbocycles. The Morgan fingerprint density at radius 2 is 1.83 bits per heavy atom. The van der Waals surface area contributed by atoms with E-state index in [1.54, 1.807) is 6.08 Å². The van der Waals surface area contributed by atoms with E-state index in [2.05, 4.69) is 6.58 Å². The van der Waals surface area contributed by atoms with Crippen LogP contribution in [0.25, 0.3) is 0 Å². The Bertz CT molecular complexity index is 124. The van der Waals surface area contributed by atoms with Gasteiger partial charge in [0, 0.05) is 12.8 Å². The maximum Gasteiger partial charge on any atom is 0.142 e. The average molecular weight is 174 g/mol. The number of rotatable bonds is 7. The summed E-state index contributed by atoms with van der Waals surface area (Å²) in [6.07, 6.45) is 5.25. The summed E-state index contributed by atoms with van der Waals surface area (Å²) in [6, 6.07) is 0. The van der Waals surface area contributed by atoms with Crippen LogP contribution in [0.15, 0.2) is 12.7 Å². The molecule has 12 heavy (non-hydrogen) atoms. The lowest BCUT2D eigenvalue weighted by molar-refractivity contribution is -1.24. The molecule has 0 aliphatic carbocycles.